The van der Waals surface area contributed by atoms with Crippen molar-refractivity contribution in [3.05, 3.63) is 33.8 Å². The molecule has 2 rings (SSSR count). The maximum atomic E-state index is 5.94. The first-order chi connectivity index (χ1) is 8.25. The van der Waals surface area contributed by atoms with Crippen molar-refractivity contribution in [1.29, 1.82) is 0 Å². The number of hydrogen-bond acceptors (Lipinski definition) is 2. The molecule has 2 nitrogen and oxygen atoms in total. The van der Waals surface area contributed by atoms with Gasteiger partial charge in [-0.3, -0.25) is 0 Å². The van der Waals surface area contributed by atoms with Crippen LogP contribution in [0.2, 0.25) is 10.0 Å². The molecule has 1 fully saturated rings. The Morgan fingerprint density at radius 3 is 2.82 bits per heavy atom. The Labute approximate surface area is 112 Å². The SMILES string of the molecule is Clc1ccc(COCC2CCCCN2)cc1Cl. The molecule has 0 aliphatic carbocycles. The van der Waals surface area contributed by atoms with Crippen molar-refractivity contribution in [2.45, 2.75) is 31.9 Å². The number of piperidine rings is 1. The van der Waals surface area contributed by atoms with Crippen molar-refractivity contribution in [3.63, 3.8) is 0 Å². The molecule has 1 heterocycles. The van der Waals surface area contributed by atoms with Crippen LogP contribution in [-0.2, 0) is 11.3 Å². The summed E-state index contributed by atoms with van der Waals surface area (Å²) in [5, 5.41) is 4.63. The van der Waals surface area contributed by atoms with Gasteiger partial charge in [-0.2, -0.15) is 0 Å². The minimum absolute atomic E-state index is 0.506. The van der Waals surface area contributed by atoms with Crippen LogP contribution in [0.25, 0.3) is 0 Å². The number of hydrogen-bond donors (Lipinski definition) is 1. The molecule has 1 aliphatic heterocycles. The average molecular weight is 274 g/mol. The number of benzene rings is 1. The zero-order valence-electron chi connectivity index (χ0n) is 9.72. The Bertz CT molecular complexity index is 364. The van der Waals surface area contributed by atoms with Gasteiger partial charge in [0, 0.05) is 6.04 Å². The third kappa shape index (κ3) is 4.14. The van der Waals surface area contributed by atoms with E-state index in [-0.39, 0.29) is 0 Å². The molecular formula is C13H17Cl2NO. The van der Waals surface area contributed by atoms with Gasteiger partial charge in [0.15, 0.2) is 0 Å². The van der Waals surface area contributed by atoms with Gasteiger partial charge < -0.3 is 10.1 Å². The van der Waals surface area contributed by atoms with Gasteiger partial charge in [-0.25, -0.2) is 0 Å². The summed E-state index contributed by atoms with van der Waals surface area (Å²) in [6.07, 6.45) is 3.79. The Kier molecular flexibility index (Phi) is 5.11. The van der Waals surface area contributed by atoms with E-state index in [9.17, 15) is 0 Å². The van der Waals surface area contributed by atoms with Crippen LogP contribution >= 0.6 is 23.2 Å². The van der Waals surface area contributed by atoms with Crippen LogP contribution in [0.3, 0.4) is 0 Å². The molecule has 1 saturated heterocycles. The summed E-state index contributed by atoms with van der Waals surface area (Å²) in [5.74, 6) is 0. The third-order valence-electron chi connectivity index (χ3n) is 2.98. The van der Waals surface area contributed by atoms with Gasteiger partial charge in [0.05, 0.1) is 23.3 Å². The first kappa shape index (κ1) is 13.2. The van der Waals surface area contributed by atoms with Crippen molar-refractivity contribution in [2.75, 3.05) is 13.2 Å². The van der Waals surface area contributed by atoms with Crippen LogP contribution in [0.1, 0.15) is 24.8 Å². The summed E-state index contributed by atoms with van der Waals surface area (Å²) in [4.78, 5) is 0. The highest BCUT2D eigenvalue weighted by molar-refractivity contribution is 6.41. The molecule has 1 unspecified atom stereocenters. The molecule has 94 valence electrons. The molecular weight excluding hydrogens is 257 g/mol. The Hall–Kier alpha value is -0.280. The smallest absolute Gasteiger partial charge is 0.0718 e. The van der Waals surface area contributed by atoms with Gasteiger partial charge in [-0.05, 0) is 37.1 Å². The Balaban J connectivity index is 1.75. The second-order valence-corrected chi connectivity index (χ2v) is 5.22. The molecule has 0 bridgehead atoms. The van der Waals surface area contributed by atoms with Gasteiger partial charge in [0.2, 0.25) is 0 Å². The first-order valence-electron chi connectivity index (χ1n) is 6.01. The fourth-order valence-corrected chi connectivity index (χ4v) is 2.34. The minimum atomic E-state index is 0.506. The summed E-state index contributed by atoms with van der Waals surface area (Å²) < 4.78 is 5.69. The van der Waals surface area contributed by atoms with Crippen LogP contribution in [0.5, 0.6) is 0 Å². The molecule has 0 spiro atoms. The third-order valence-corrected chi connectivity index (χ3v) is 3.72. The lowest BCUT2D eigenvalue weighted by molar-refractivity contribution is 0.0911. The quantitative estimate of drug-likeness (QED) is 0.904. The van der Waals surface area contributed by atoms with Crippen LogP contribution < -0.4 is 5.32 Å². The zero-order valence-corrected chi connectivity index (χ0v) is 11.2. The standard InChI is InChI=1S/C13H17Cl2NO/c14-12-5-4-10(7-13(12)15)8-17-9-11-3-1-2-6-16-11/h4-5,7,11,16H,1-3,6,8-9H2. The Morgan fingerprint density at radius 1 is 1.24 bits per heavy atom. The largest absolute Gasteiger partial charge is 0.375 e. The molecule has 17 heavy (non-hydrogen) atoms. The molecule has 1 atom stereocenters. The predicted octanol–water partition coefficient (Wildman–Crippen LogP) is 3.65. The number of ether oxygens (including phenoxy) is 1. The van der Waals surface area contributed by atoms with Crippen LogP contribution in [0.4, 0.5) is 0 Å². The number of halogens is 2. The minimum Gasteiger partial charge on any atom is -0.375 e. The van der Waals surface area contributed by atoms with Gasteiger partial charge in [0.1, 0.15) is 0 Å². The van der Waals surface area contributed by atoms with E-state index >= 15 is 0 Å². The lowest BCUT2D eigenvalue weighted by Crippen LogP contribution is -2.37. The lowest BCUT2D eigenvalue weighted by atomic mass is 10.1. The van der Waals surface area contributed by atoms with E-state index in [1.165, 1.54) is 19.3 Å². The number of rotatable bonds is 4. The summed E-state index contributed by atoms with van der Waals surface area (Å²) in [7, 11) is 0. The van der Waals surface area contributed by atoms with E-state index in [2.05, 4.69) is 5.32 Å². The normalized spacial score (nSPS) is 20.5. The molecule has 1 aromatic carbocycles. The molecule has 1 N–H and O–H groups in total. The maximum Gasteiger partial charge on any atom is 0.0718 e. The molecule has 0 amide bonds. The highest BCUT2D eigenvalue weighted by Gasteiger charge is 2.12. The Morgan fingerprint density at radius 2 is 2.12 bits per heavy atom. The maximum absolute atomic E-state index is 5.94. The zero-order chi connectivity index (χ0) is 12.1. The molecule has 0 saturated carbocycles. The van der Waals surface area contributed by atoms with Gasteiger partial charge >= 0.3 is 0 Å². The van der Waals surface area contributed by atoms with Crippen molar-refractivity contribution < 1.29 is 4.74 Å². The predicted molar refractivity (Wildman–Crippen MR) is 71.8 cm³/mol. The van der Waals surface area contributed by atoms with Gasteiger partial charge in [-0.1, -0.05) is 35.7 Å². The highest BCUT2D eigenvalue weighted by Crippen LogP contribution is 2.22. The topological polar surface area (TPSA) is 21.3 Å². The average Bonchev–Trinajstić information content (AvgIpc) is 2.35. The van der Waals surface area contributed by atoms with Crippen molar-refractivity contribution in [1.82, 2.24) is 5.32 Å². The monoisotopic (exact) mass is 273 g/mol. The van der Waals surface area contributed by atoms with E-state index in [4.69, 9.17) is 27.9 Å². The lowest BCUT2D eigenvalue weighted by Gasteiger charge is -2.23. The van der Waals surface area contributed by atoms with Crippen LogP contribution in [0.15, 0.2) is 18.2 Å². The molecule has 1 aromatic rings. The second-order valence-electron chi connectivity index (χ2n) is 4.41. The van der Waals surface area contributed by atoms with Gasteiger partial charge in [-0.15, -0.1) is 0 Å². The van der Waals surface area contributed by atoms with E-state index in [1.807, 2.05) is 12.1 Å². The summed E-state index contributed by atoms with van der Waals surface area (Å²) in [5.41, 5.74) is 1.07. The van der Waals surface area contributed by atoms with E-state index in [1.54, 1.807) is 6.07 Å². The number of nitrogens with one attached hydrogen (secondary N) is 1. The fraction of sp³-hybridized carbons (Fsp3) is 0.538. The van der Waals surface area contributed by atoms with Crippen molar-refractivity contribution in [2.24, 2.45) is 0 Å². The van der Waals surface area contributed by atoms with E-state index in [0.29, 0.717) is 22.7 Å². The highest BCUT2D eigenvalue weighted by atomic mass is 35.5. The molecule has 0 aromatic heterocycles. The van der Waals surface area contributed by atoms with Crippen molar-refractivity contribution in [3.8, 4) is 0 Å². The van der Waals surface area contributed by atoms with E-state index in [0.717, 1.165) is 18.7 Å². The summed E-state index contributed by atoms with van der Waals surface area (Å²) >= 11 is 11.8. The summed E-state index contributed by atoms with van der Waals surface area (Å²) in [6.45, 7) is 2.47. The van der Waals surface area contributed by atoms with Crippen molar-refractivity contribution >= 4 is 23.2 Å². The molecule has 1 aliphatic rings. The second kappa shape index (κ2) is 6.60. The fourth-order valence-electron chi connectivity index (χ4n) is 2.01. The summed E-state index contributed by atoms with van der Waals surface area (Å²) in [6, 6.07) is 6.12. The first-order valence-corrected chi connectivity index (χ1v) is 6.76. The van der Waals surface area contributed by atoms with E-state index < -0.39 is 0 Å². The molecule has 0 radical (unpaired) electrons. The van der Waals surface area contributed by atoms with Crippen LogP contribution in [-0.4, -0.2) is 19.2 Å². The van der Waals surface area contributed by atoms with Gasteiger partial charge in [0.25, 0.3) is 0 Å². The van der Waals surface area contributed by atoms with Crippen LogP contribution in [0, 0.1) is 0 Å². The molecule has 4 heteroatoms.